The highest BCUT2D eigenvalue weighted by atomic mass is 35.5. The zero-order valence-electron chi connectivity index (χ0n) is 5.47. The molecule has 4 heteroatoms. The summed E-state index contributed by atoms with van der Waals surface area (Å²) in [6.07, 6.45) is 0. The van der Waals surface area contributed by atoms with Gasteiger partial charge in [0.25, 0.3) is 0 Å². The van der Waals surface area contributed by atoms with Crippen LogP contribution in [0.3, 0.4) is 0 Å². The highest BCUT2D eigenvalue weighted by molar-refractivity contribution is 7.78. The van der Waals surface area contributed by atoms with E-state index in [2.05, 4.69) is 12.2 Å². The van der Waals surface area contributed by atoms with Gasteiger partial charge in [-0.05, 0) is 24.4 Å². The molecule has 0 heterocycles. The molecule has 0 fully saturated rings. The molecule has 0 aliphatic rings. The van der Waals surface area contributed by atoms with Crippen LogP contribution in [-0.2, 0) is 0 Å². The van der Waals surface area contributed by atoms with Crippen LogP contribution in [0.15, 0.2) is 24.3 Å². The predicted molar refractivity (Wildman–Crippen MR) is 46.7 cm³/mol. The molecule has 58 valence electrons. The third-order valence-electron chi connectivity index (χ3n) is 0.824. The van der Waals surface area contributed by atoms with E-state index in [-0.39, 0.29) is 10.8 Å². The second-order valence-electron chi connectivity index (χ2n) is 1.52. The molecule has 0 saturated heterocycles. The van der Waals surface area contributed by atoms with Crippen molar-refractivity contribution in [3.8, 4) is 0 Å². The average Bonchev–Trinajstić information content (AvgIpc) is 1.97. The Balaban J connectivity index is 0.000000292. The van der Waals surface area contributed by atoms with Gasteiger partial charge in [0.2, 0.25) is 0 Å². The van der Waals surface area contributed by atoms with E-state index >= 15 is 0 Å². The first-order valence-corrected chi connectivity index (χ1v) is 3.45. The predicted octanol–water partition coefficient (Wildman–Crippen LogP) is 3.15. The van der Waals surface area contributed by atoms with Gasteiger partial charge in [-0.25, -0.2) is 9.80 Å². The summed E-state index contributed by atoms with van der Waals surface area (Å²) in [6.45, 7) is 0. The number of benzene rings is 1. The fourth-order valence-electron chi connectivity index (χ4n) is 0.439. The normalized spacial score (nSPS) is 7.45. The van der Waals surface area contributed by atoms with Gasteiger partial charge in [-0.3, -0.25) is 0 Å². The Kier molecular flexibility index (Phi) is 5.57. The van der Waals surface area contributed by atoms with Gasteiger partial charge in [-0.1, -0.05) is 23.7 Å². The van der Waals surface area contributed by atoms with Crippen LogP contribution in [0.1, 0.15) is 0 Å². The maximum absolute atomic E-state index is 12.2. The van der Waals surface area contributed by atoms with Gasteiger partial charge in [0, 0.05) is 0 Å². The lowest BCUT2D eigenvalue weighted by atomic mass is 10.4. The summed E-state index contributed by atoms with van der Waals surface area (Å²) in [7, 11) is 0. The van der Waals surface area contributed by atoms with Gasteiger partial charge in [-0.15, -0.1) is 0 Å². The first-order chi connectivity index (χ1) is 5.22. The fraction of sp³-hybridized carbons (Fsp3) is 0. The van der Waals surface area contributed by atoms with E-state index in [9.17, 15) is 4.39 Å². The van der Waals surface area contributed by atoms with Crippen molar-refractivity contribution < 1.29 is 4.39 Å². The zero-order valence-corrected chi connectivity index (χ0v) is 7.05. The van der Waals surface area contributed by atoms with E-state index in [0.717, 1.165) is 0 Å². The molecule has 11 heavy (non-hydrogen) atoms. The summed E-state index contributed by atoms with van der Waals surface area (Å²) in [4.78, 5) is 0. The van der Waals surface area contributed by atoms with Crippen LogP contribution in [0.25, 0.3) is 0 Å². The number of hydrogen-bond acceptors (Lipinski definition) is 2. The van der Waals surface area contributed by atoms with Gasteiger partial charge in [0.05, 0.1) is 10.2 Å². The summed E-state index contributed by atoms with van der Waals surface area (Å²) in [5, 5.41) is 7.53. The molecule has 1 aromatic carbocycles. The maximum Gasteiger partial charge on any atom is 0.141 e. The molecule has 0 saturated carbocycles. The van der Waals surface area contributed by atoms with Crippen molar-refractivity contribution in [3.05, 3.63) is 35.1 Å². The molecular formula is C7H5ClFNS. The Bertz CT molecular complexity index is 237. The highest BCUT2D eigenvalue weighted by Crippen LogP contribution is 2.11. The lowest BCUT2D eigenvalue weighted by molar-refractivity contribution is 0.628. The molecule has 0 unspecified atom stereocenters. The van der Waals surface area contributed by atoms with E-state index in [0.29, 0.717) is 0 Å². The van der Waals surface area contributed by atoms with Crippen molar-refractivity contribution in [1.29, 1.82) is 5.41 Å². The number of halogens is 2. The van der Waals surface area contributed by atoms with Crippen LogP contribution in [0.5, 0.6) is 0 Å². The number of rotatable bonds is 0. The topological polar surface area (TPSA) is 23.9 Å². The zero-order chi connectivity index (χ0) is 8.69. The summed E-state index contributed by atoms with van der Waals surface area (Å²) >= 11 is 9.14. The Morgan fingerprint density at radius 1 is 1.45 bits per heavy atom. The fourth-order valence-corrected chi connectivity index (χ4v) is 0.575. The first-order valence-electron chi connectivity index (χ1n) is 2.66. The molecule has 0 radical (unpaired) electrons. The molecule has 0 aliphatic carbocycles. The minimum absolute atomic E-state index is 0.174. The van der Waals surface area contributed by atoms with Gasteiger partial charge in [-0.2, -0.15) is 0 Å². The van der Waals surface area contributed by atoms with Gasteiger partial charge in [0.15, 0.2) is 0 Å². The SMILES string of the molecule is Fc1ccccc1Cl.N=C=S. The van der Waals surface area contributed by atoms with Crippen LogP contribution in [0.2, 0.25) is 5.02 Å². The third-order valence-corrected chi connectivity index (χ3v) is 1.13. The largest absolute Gasteiger partial charge is 0.248 e. The molecule has 0 bridgehead atoms. The van der Waals surface area contributed by atoms with E-state index in [1.807, 2.05) is 0 Å². The summed E-state index contributed by atoms with van der Waals surface area (Å²) in [5.41, 5.74) is 0. The van der Waals surface area contributed by atoms with Crippen LogP contribution in [0, 0.1) is 11.2 Å². The van der Waals surface area contributed by atoms with Crippen molar-refractivity contribution in [1.82, 2.24) is 0 Å². The van der Waals surface area contributed by atoms with Crippen LogP contribution >= 0.6 is 23.8 Å². The van der Waals surface area contributed by atoms with Crippen molar-refractivity contribution in [2.24, 2.45) is 0 Å². The minimum Gasteiger partial charge on any atom is -0.248 e. The maximum atomic E-state index is 12.2. The van der Waals surface area contributed by atoms with E-state index in [1.54, 1.807) is 17.3 Å². The lowest BCUT2D eigenvalue weighted by Gasteiger charge is -1.86. The molecule has 0 aliphatic heterocycles. The lowest BCUT2D eigenvalue weighted by Crippen LogP contribution is -1.70. The molecule has 0 spiro atoms. The average molecular weight is 190 g/mol. The summed E-state index contributed by atoms with van der Waals surface area (Å²) < 4.78 is 12.2. The van der Waals surface area contributed by atoms with Crippen molar-refractivity contribution in [3.63, 3.8) is 0 Å². The number of thiocarbonyl (C=S) groups is 1. The monoisotopic (exact) mass is 189 g/mol. The first kappa shape index (κ1) is 10.2. The standard InChI is InChI=1S/C6H4ClF.CHNS/c7-5-3-1-2-4-6(5)8;2-1-3/h1-4H;2H. The molecule has 1 N–H and O–H groups in total. The second-order valence-corrected chi connectivity index (χ2v) is 2.13. The molecule has 0 amide bonds. The van der Waals surface area contributed by atoms with E-state index in [1.165, 1.54) is 12.1 Å². The van der Waals surface area contributed by atoms with E-state index < -0.39 is 0 Å². The molecule has 0 aromatic heterocycles. The Morgan fingerprint density at radius 3 is 2.18 bits per heavy atom. The molecular weight excluding hydrogens is 185 g/mol. The molecule has 1 nitrogen and oxygen atoms in total. The van der Waals surface area contributed by atoms with E-state index in [4.69, 9.17) is 17.0 Å². The smallest absolute Gasteiger partial charge is 0.141 e. The minimum atomic E-state index is -0.367. The highest BCUT2D eigenvalue weighted by Gasteiger charge is 1.91. The van der Waals surface area contributed by atoms with Crippen molar-refractivity contribution >= 4 is 29.0 Å². The van der Waals surface area contributed by atoms with Crippen LogP contribution in [0.4, 0.5) is 4.39 Å². The van der Waals surface area contributed by atoms with Crippen LogP contribution < -0.4 is 0 Å². The molecule has 1 rings (SSSR count). The number of nitrogens with one attached hydrogen (secondary N) is 1. The molecule has 1 aromatic rings. The quantitative estimate of drug-likeness (QED) is 0.492. The van der Waals surface area contributed by atoms with Crippen molar-refractivity contribution in [2.75, 3.05) is 0 Å². The van der Waals surface area contributed by atoms with Gasteiger partial charge in [0.1, 0.15) is 5.82 Å². The Morgan fingerprint density at radius 2 is 1.91 bits per heavy atom. The van der Waals surface area contributed by atoms with Crippen molar-refractivity contribution in [2.45, 2.75) is 0 Å². The number of isothiocyanates is 1. The third kappa shape index (κ3) is 4.62. The van der Waals surface area contributed by atoms with Gasteiger partial charge >= 0.3 is 0 Å². The second kappa shape index (κ2) is 5.98. The van der Waals surface area contributed by atoms with Crippen LogP contribution in [-0.4, -0.2) is 5.16 Å². The Labute approximate surface area is 74.3 Å². The Hall–Kier alpha value is -0.760. The van der Waals surface area contributed by atoms with Gasteiger partial charge < -0.3 is 0 Å². The molecule has 0 atom stereocenters. The summed E-state index contributed by atoms with van der Waals surface area (Å²) in [5.74, 6) is -0.367. The summed E-state index contributed by atoms with van der Waals surface area (Å²) in [6, 6.07) is 6.12. The number of hydrogen-bond donors (Lipinski definition) is 1.